The van der Waals surface area contributed by atoms with Gasteiger partial charge < -0.3 is 14.5 Å². The first-order valence-corrected chi connectivity index (χ1v) is 8.76. The van der Waals surface area contributed by atoms with E-state index in [0.717, 1.165) is 5.56 Å². The summed E-state index contributed by atoms with van der Waals surface area (Å²) in [6.07, 6.45) is 3.43. The highest BCUT2D eigenvalue weighted by Crippen LogP contribution is 2.23. The molecule has 0 atom stereocenters. The van der Waals surface area contributed by atoms with E-state index in [4.69, 9.17) is 16.3 Å². The molecule has 6 nitrogen and oxygen atoms in total. The topological polar surface area (TPSA) is 62.7 Å². The molecule has 2 amide bonds. The Bertz CT molecular complexity index is 790. The van der Waals surface area contributed by atoms with E-state index in [0.29, 0.717) is 42.5 Å². The maximum Gasteiger partial charge on any atom is 0.255 e. The Morgan fingerprint density at radius 1 is 1.15 bits per heavy atom. The molecule has 1 aromatic carbocycles. The smallest absolute Gasteiger partial charge is 0.255 e. The second-order valence-corrected chi connectivity index (χ2v) is 6.46. The molecule has 0 aliphatic carbocycles. The zero-order valence-electron chi connectivity index (χ0n) is 14.5. The lowest BCUT2D eigenvalue weighted by Gasteiger charge is -2.35. The second kappa shape index (κ2) is 8.19. The number of aromatic nitrogens is 1. The molecule has 1 saturated heterocycles. The predicted octanol–water partition coefficient (Wildman–Crippen LogP) is 2.27. The largest absolute Gasteiger partial charge is 0.497 e. The maximum atomic E-state index is 12.5. The molecule has 26 heavy (non-hydrogen) atoms. The van der Waals surface area contributed by atoms with Crippen molar-refractivity contribution in [3.05, 3.63) is 58.9 Å². The van der Waals surface area contributed by atoms with Gasteiger partial charge in [0.15, 0.2) is 0 Å². The van der Waals surface area contributed by atoms with Crippen molar-refractivity contribution in [1.82, 2.24) is 14.8 Å². The van der Waals surface area contributed by atoms with Crippen molar-refractivity contribution in [2.45, 2.75) is 6.42 Å². The predicted molar refractivity (Wildman–Crippen MR) is 98.4 cm³/mol. The van der Waals surface area contributed by atoms with Crippen LogP contribution in [0.5, 0.6) is 5.75 Å². The van der Waals surface area contributed by atoms with E-state index in [1.54, 1.807) is 59.6 Å². The van der Waals surface area contributed by atoms with Crippen molar-refractivity contribution in [1.29, 1.82) is 0 Å². The maximum absolute atomic E-state index is 12.5. The fraction of sp³-hybridized carbons (Fsp3) is 0.316. The molecule has 3 rings (SSSR count). The van der Waals surface area contributed by atoms with Crippen LogP contribution in [0.3, 0.4) is 0 Å². The number of pyridine rings is 1. The number of carbonyl (C=O) groups is 2. The molecular weight excluding hydrogens is 354 g/mol. The number of benzene rings is 1. The number of hydrogen-bond donors (Lipinski definition) is 0. The Labute approximate surface area is 157 Å². The number of hydrogen-bond acceptors (Lipinski definition) is 4. The summed E-state index contributed by atoms with van der Waals surface area (Å²) in [5.74, 6) is 0.614. The average Bonchev–Trinajstić information content (AvgIpc) is 2.69. The number of amides is 2. The van der Waals surface area contributed by atoms with E-state index in [-0.39, 0.29) is 18.2 Å². The number of halogens is 1. The summed E-state index contributed by atoms with van der Waals surface area (Å²) in [7, 11) is 1.57. The molecule has 0 saturated carbocycles. The zero-order chi connectivity index (χ0) is 18.5. The monoisotopic (exact) mass is 373 g/mol. The van der Waals surface area contributed by atoms with Gasteiger partial charge in [0.05, 0.1) is 19.1 Å². The number of carbonyl (C=O) groups excluding carboxylic acids is 2. The fourth-order valence-electron chi connectivity index (χ4n) is 2.90. The van der Waals surface area contributed by atoms with Gasteiger partial charge in [0.1, 0.15) is 5.75 Å². The highest BCUT2D eigenvalue weighted by atomic mass is 35.5. The summed E-state index contributed by atoms with van der Waals surface area (Å²) in [5, 5.41) is 0.517. The van der Waals surface area contributed by atoms with Crippen molar-refractivity contribution < 1.29 is 14.3 Å². The number of nitrogens with zero attached hydrogens (tertiary/aromatic N) is 3. The van der Waals surface area contributed by atoms with Crippen LogP contribution in [-0.2, 0) is 11.2 Å². The molecule has 0 bridgehead atoms. The standard InChI is InChI=1S/C19H20ClN3O3/c1-26-16-5-4-14(17(20)12-16)11-18(24)22-7-9-23(10-8-22)19(25)15-3-2-6-21-13-15/h2-6,12-13H,7-11H2,1H3. The first-order chi connectivity index (χ1) is 12.6. The van der Waals surface area contributed by atoms with Crippen molar-refractivity contribution in [3.8, 4) is 5.75 Å². The van der Waals surface area contributed by atoms with E-state index in [2.05, 4.69) is 4.98 Å². The molecule has 136 valence electrons. The molecule has 0 radical (unpaired) electrons. The first kappa shape index (κ1) is 18.2. The Hall–Kier alpha value is -2.60. The van der Waals surface area contributed by atoms with Gasteiger partial charge in [-0.25, -0.2) is 0 Å². The van der Waals surface area contributed by atoms with Crippen molar-refractivity contribution in [2.75, 3.05) is 33.3 Å². The normalized spacial score (nSPS) is 14.2. The van der Waals surface area contributed by atoms with E-state index in [1.807, 2.05) is 0 Å². The van der Waals surface area contributed by atoms with Crippen LogP contribution in [0.1, 0.15) is 15.9 Å². The van der Waals surface area contributed by atoms with Crippen LogP contribution in [0.2, 0.25) is 5.02 Å². The van der Waals surface area contributed by atoms with Crippen LogP contribution < -0.4 is 4.74 Å². The van der Waals surface area contributed by atoms with Crippen LogP contribution >= 0.6 is 11.6 Å². The van der Waals surface area contributed by atoms with Gasteiger partial charge in [-0.3, -0.25) is 14.6 Å². The van der Waals surface area contributed by atoms with Crippen LogP contribution in [-0.4, -0.2) is 59.9 Å². The number of ether oxygens (including phenoxy) is 1. The van der Waals surface area contributed by atoms with E-state index >= 15 is 0 Å². The van der Waals surface area contributed by atoms with E-state index in [9.17, 15) is 9.59 Å². The molecule has 2 aromatic rings. The van der Waals surface area contributed by atoms with Crippen molar-refractivity contribution >= 4 is 23.4 Å². The summed E-state index contributed by atoms with van der Waals surface area (Å²) in [6.45, 7) is 2.04. The summed E-state index contributed by atoms with van der Waals surface area (Å²) < 4.78 is 5.12. The third kappa shape index (κ3) is 4.14. The van der Waals surface area contributed by atoms with Gasteiger partial charge in [-0.15, -0.1) is 0 Å². The number of methoxy groups -OCH3 is 1. The minimum atomic E-state index is -0.0524. The summed E-state index contributed by atoms with van der Waals surface area (Å²) >= 11 is 6.21. The number of piperazine rings is 1. The Balaban J connectivity index is 1.56. The second-order valence-electron chi connectivity index (χ2n) is 6.05. The molecule has 0 spiro atoms. The van der Waals surface area contributed by atoms with Gasteiger partial charge >= 0.3 is 0 Å². The minimum Gasteiger partial charge on any atom is -0.497 e. The highest BCUT2D eigenvalue weighted by Gasteiger charge is 2.25. The van der Waals surface area contributed by atoms with Gasteiger partial charge in [-0.05, 0) is 29.8 Å². The van der Waals surface area contributed by atoms with Gasteiger partial charge in [0.25, 0.3) is 5.91 Å². The molecule has 1 aromatic heterocycles. The molecule has 2 heterocycles. The molecule has 1 aliphatic rings. The minimum absolute atomic E-state index is 0.00513. The SMILES string of the molecule is COc1ccc(CC(=O)N2CCN(C(=O)c3cccnc3)CC2)c(Cl)c1. The fourth-order valence-corrected chi connectivity index (χ4v) is 3.14. The van der Waals surface area contributed by atoms with Crippen LogP contribution in [0.4, 0.5) is 0 Å². The zero-order valence-corrected chi connectivity index (χ0v) is 15.3. The highest BCUT2D eigenvalue weighted by molar-refractivity contribution is 6.31. The lowest BCUT2D eigenvalue weighted by atomic mass is 10.1. The molecule has 1 aliphatic heterocycles. The molecule has 7 heteroatoms. The summed E-state index contributed by atoms with van der Waals surface area (Å²) in [5.41, 5.74) is 1.34. The van der Waals surface area contributed by atoms with Crippen molar-refractivity contribution in [2.24, 2.45) is 0 Å². The third-order valence-corrected chi connectivity index (χ3v) is 4.78. The lowest BCUT2D eigenvalue weighted by molar-refractivity contribution is -0.131. The Kier molecular flexibility index (Phi) is 5.73. The quantitative estimate of drug-likeness (QED) is 0.824. The average molecular weight is 374 g/mol. The third-order valence-electron chi connectivity index (χ3n) is 4.43. The van der Waals surface area contributed by atoms with Crippen LogP contribution in [0, 0.1) is 0 Å². The first-order valence-electron chi connectivity index (χ1n) is 8.38. The Morgan fingerprint density at radius 2 is 1.88 bits per heavy atom. The summed E-state index contributed by atoms with van der Waals surface area (Å²) in [6, 6.07) is 8.79. The number of rotatable bonds is 4. The van der Waals surface area contributed by atoms with Gasteiger partial charge in [0.2, 0.25) is 5.91 Å². The molecule has 0 unspecified atom stereocenters. The summed E-state index contributed by atoms with van der Waals surface area (Å²) in [4.78, 5) is 32.5. The molecular formula is C19H20ClN3O3. The molecule has 1 fully saturated rings. The lowest BCUT2D eigenvalue weighted by Crippen LogP contribution is -2.51. The van der Waals surface area contributed by atoms with Gasteiger partial charge in [-0.2, -0.15) is 0 Å². The van der Waals surface area contributed by atoms with E-state index < -0.39 is 0 Å². The van der Waals surface area contributed by atoms with Crippen LogP contribution in [0.25, 0.3) is 0 Å². The van der Waals surface area contributed by atoms with Gasteiger partial charge in [-0.1, -0.05) is 17.7 Å². The van der Waals surface area contributed by atoms with E-state index in [1.165, 1.54) is 0 Å². The molecule has 0 N–H and O–H groups in total. The van der Waals surface area contributed by atoms with Crippen molar-refractivity contribution in [3.63, 3.8) is 0 Å². The Morgan fingerprint density at radius 3 is 2.50 bits per heavy atom. The van der Waals surface area contributed by atoms with Gasteiger partial charge in [0, 0.05) is 43.6 Å². The van der Waals surface area contributed by atoms with Crippen LogP contribution in [0.15, 0.2) is 42.7 Å².